The molecule has 0 bridgehead atoms. The van der Waals surface area contributed by atoms with Crippen LogP contribution in [0.4, 0.5) is 21.9 Å². The minimum Gasteiger partial charge on any atom is -0.465 e. The summed E-state index contributed by atoms with van der Waals surface area (Å²) in [5.41, 5.74) is 10.4. The Hall–Kier alpha value is -3.48. The van der Waals surface area contributed by atoms with E-state index in [0.717, 1.165) is 28.9 Å². The number of nitrogens with zero attached hydrogens (tertiary/aromatic N) is 1. The van der Waals surface area contributed by atoms with Gasteiger partial charge in [0.1, 0.15) is 0 Å². The van der Waals surface area contributed by atoms with Gasteiger partial charge in [0.05, 0.1) is 6.04 Å². The zero-order valence-electron chi connectivity index (χ0n) is 17.3. The first-order valence-electron chi connectivity index (χ1n) is 10.1. The molecule has 0 fully saturated rings. The zero-order chi connectivity index (χ0) is 21.7. The van der Waals surface area contributed by atoms with Crippen molar-refractivity contribution in [1.29, 1.82) is 0 Å². The largest absolute Gasteiger partial charge is 0.465 e. The van der Waals surface area contributed by atoms with Crippen molar-refractivity contribution in [3.8, 4) is 0 Å². The van der Waals surface area contributed by atoms with E-state index < -0.39 is 6.09 Å². The van der Waals surface area contributed by atoms with Gasteiger partial charge in [-0.15, -0.1) is 0 Å². The van der Waals surface area contributed by atoms with E-state index >= 15 is 0 Å². The molecule has 0 aromatic heterocycles. The van der Waals surface area contributed by atoms with Crippen molar-refractivity contribution in [2.45, 2.75) is 38.8 Å². The second kappa shape index (κ2) is 9.35. The smallest absolute Gasteiger partial charge is 0.404 e. The Morgan fingerprint density at radius 3 is 2.63 bits per heavy atom. The molecule has 158 valence electrons. The van der Waals surface area contributed by atoms with Gasteiger partial charge in [-0.3, -0.25) is 4.79 Å². The minimum absolute atomic E-state index is 0.0455. The van der Waals surface area contributed by atoms with Crippen LogP contribution in [0.2, 0.25) is 0 Å². The highest BCUT2D eigenvalue weighted by Crippen LogP contribution is 2.40. The second-order valence-corrected chi connectivity index (χ2v) is 7.43. The van der Waals surface area contributed by atoms with Gasteiger partial charge < -0.3 is 26.4 Å². The molecular formula is C23H28N4O3. The standard InChI is InChI=1S/C23H28N4O3/c1-3-22(28)27-15(2)13-20(26-18-9-7-17(24)8-10-18)19-11-6-16(14-21(19)27)5-4-12-25-23(29)30/h4-11,14-15,20,25-26H,3,12-13,24H2,1-2H3,(H,29,30)/b5-4+/t15-,20+/m0/s1. The highest BCUT2D eigenvalue weighted by atomic mass is 16.4. The topological polar surface area (TPSA) is 108 Å². The average molecular weight is 409 g/mol. The molecule has 7 heteroatoms. The quantitative estimate of drug-likeness (QED) is 0.535. The Kier molecular flexibility index (Phi) is 6.61. The fourth-order valence-electron chi connectivity index (χ4n) is 3.79. The number of fused-ring (bicyclic) bond motifs is 1. The van der Waals surface area contributed by atoms with Crippen LogP contribution >= 0.6 is 0 Å². The number of hydrogen-bond donors (Lipinski definition) is 4. The van der Waals surface area contributed by atoms with Crippen molar-refractivity contribution in [2.75, 3.05) is 22.5 Å². The highest BCUT2D eigenvalue weighted by Gasteiger charge is 2.33. The number of anilines is 3. The fraction of sp³-hybridized carbons (Fsp3) is 0.304. The third-order valence-electron chi connectivity index (χ3n) is 5.21. The molecule has 2 atom stereocenters. The van der Waals surface area contributed by atoms with Crippen LogP contribution in [-0.4, -0.2) is 29.7 Å². The van der Waals surface area contributed by atoms with E-state index in [0.29, 0.717) is 12.1 Å². The maximum Gasteiger partial charge on any atom is 0.404 e. The minimum atomic E-state index is -1.06. The summed E-state index contributed by atoms with van der Waals surface area (Å²) in [6, 6.07) is 13.8. The number of carbonyl (C=O) groups excluding carboxylic acids is 1. The van der Waals surface area contributed by atoms with Crippen molar-refractivity contribution in [1.82, 2.24) is 5.32 Å². The summed E-state index contributed by atoms with van der Waals surface area (Å²) in [6.07, 6.45) is 3.77. The molecule has 7 nitrogen and oxygen atoms in total. The molecule has 2 aromatic rings. The van der Waals surface area contributed by atoms with E-state index in [-0.39, 0.29) is 24.5 Å². The number of carboxylic acid groups (broad SMARTS) is 1. The molecule has 0 saturated carbocycles. The Balaban J connectivity index is 1.92. The normalized spacial score (nSPS) is 18.1. The maximum atomic E-state index is 12.7. The van der Waals surface area contributed by atoms with Crippen LogP contribution in [0.5, 0.6) is 0 Å². The summed E-state index contributed by atoms with van der Waals surface area (Å²) in [5.74, 6) is 0.0864. The molecule has 2 aromatic carbocycles. The summed E-state index contributed by atoms with van der Waals surface area (Å²) >= 11 is 0. The van der Waals surface area contributed by atoms with Crippen LogP contribution in [0.3, 0.4) is 0 Å². The van der Waals surface area contributed by atoms with E-state index in [4.69, 9.17) is 10.8 Å². The first-order chi connectivity index (χ1) is 14.4. The molecule has 0 radical (unpaired) electrons. The lowest BCUT2D eigenvalue weighted by Gasteiger charge is -2.40. The van der Waals surface area contributed by atoms with Gasteiger partial charge >= 0.3 is 6.09 Å². The monoisotopic (exact) mass is 408 g/mol. The third kappa shape index (κ3) is 4.92. The van der Waals surface area contributed by atoms with Gasteiger partial charge in [-0.2, -0.15) is 0 Å². The summed E-state index contributed by atoms with van der Waals surface area (Å²) in [6.45, 7) is 4.16. The Bertz CT molecular complexity index is 940. The summed E-state index contributed by atoms with van der Waals surface area (Å²) in [7, 11) is 0. The number of benzene rings is 2. The van der Waals surface area contributed by atoms with E-state index in [9.17, 15) is 9.59 Å². The number of rotatable bonds is 6. The van der Waals surface area contributed by atoms with E-state index in [1.165, 1.54) is 0 Å². The number of nitrogens with two attached hydrogens (primary N) is 1. The lowest BCUT2D eigenvalue weighted by atomic mass is 9.90. The van der Waals surface area contributed by atoms with Gasteiger partial charge in [-0.25, -0.2) is 4.79 Å². The van der Waals surface area contributed by atoms with Crippen molar-refractivity contribution < 1.29 is 14.7 Å². The molecule has 0 aliphatic carbocycles. The number of nitrogens with one attached hydrogen (secondary N) is 2. The lowest BCUT2D eigenvalue weighted by Crippen LogP contribution is -2.44. The molecule has 30 heavy (non-hydrogen) atoms. The molecule has 5 N–H and O–H groups in total. The molecule has 0 spiro atoms. The predicted octanol–water partition coefficient (Wildman–Crippen LogP) is 4.24. The van der Waals surface area contributed by atoms with Crippen LogP contribution in [0, 0.1) is 0 Å². The SMILES string of the molecule is CCC(=O)N1c2cc(/C=C/CNC(=O)O)ccc2[C@H](Nc2ccc(N)cc2)C[C@@H]1C. The molecule has 3 rings (SSSR count). The average Bonchev–Trinajstić information content (AvgIpc) is 2.72. The number of carbonyl (C=O) groups is 2. The Labute approximate surface area is 176 Å². The van der Waals surface area contributed by atoms with Gasteiger partial charge in [0.2, 0.25) is 5.91 Å². The van der Waals surface area contributed by atoms with Crippen molar-refractivity contribution >= 4 is 35.1 Å². The van der Waals surface area contributed by atoms with Crippen LogP contribution in [0.25, 0.3) is 6.08 Å². The first-order valence-corrected chi connectivity index (χ1v) is 10.1. The molecular weight excluding hydrogens is 380 g/mol. The van der Waals surface area contributed by atoms with Gasteiger partial charge in [0.15, 0.2) is 0 Å². The van der Waals surface area contributed by atoms with Crippen LogP contribution in [-0.2, 0) is 4.79 Å². The molecule has 0 saturated heterocycles. The first kappa shape index (κ1) is 21.2. The van der Waals surface area contributed by atoms with Crippen LogP contribution < -0.4 is 21.3 Å². The van der Waals surface area contributed by atoms with Crippen LogP contribution in [0.1, 0.15) is 43.9 Å². The molecule has 0 unspecified atom stereocenters. The highest BCUT2D eigenvalue weighted by molar-refractivity contribution is 5.95. The van der Waals surface area contributed by atoms with Crippen molar-refractivity contribution in [2.24, 2.45) is 0 Å². The maximum absolute atomic E-state index is 12.7. The van der Waals surface area contributed by atoms with E-state index in [1.807, 2.05) is 60.4 Å². The number of hydrogen-bond acceptors (Lipinski definition) is 4. The second-order valence-electron chi connectivity index (χ2n) is 7.43. The summed E-state index contributed by atoms with van der Waals surface area (Å²) < 4.78 is 0. The van der Waals surface area contributed by atoms with E-state index in [1.54, 1.807) is 6.08 Å². The molecule has 1 heterocycles. The van der Waals surface area contributed by atoms with Crippen molar-refractivity contribution in [3.05, 3.63) is 59.7 Å². The summed E-state index contributed by atoms with van der Waals surface area (Å²) in [5, 5.41) is 14.6. The predicted molar refractivity (Wildman–Crippen MR) is 121 cm³/mol. The van der Waals surface area contributed by atoms with E-state index in [2.05, 4.69) is 17.6 Å². The zero-order valence-corrected chi connectivity index (χ0v) is 17.3. The Morgan fingerprint density at radius 1 is 1.23 bits per heavy atom. The van der Waals surface area contributed by atoms with Gasteiger partial charge in [0.25, 0.3) is 0 Å². The fourth-order valence-corrected chi connectivity index (χ4v) is 3.79. The van der Waals surface area contributed by atoms with Gasteiger partial charge in [-0.05, 0) is 54.8 Å². The Morgan fingerprint density at radius 2 is 1.97 bits per heavy atom. The van der Waals surface area contributed by atoms with Crippen LogP contribution in [0.15, 0.2) is 48.5 Å². The summed E-state index contributed by atoms with van der Waals surface area (Å²) in [4.78, 5) is 25.2. The molecule has 2 amide bonds. The lowest BCUT2D eigenvalue weighted by molar-refractivity contribution is -0.118. The van der Waals surface area contributed by atoms with Gasteiger partial charge in [-0.1, -0.05) is 31.2 Å². The third-order valence-corrected chi connectivity index (χ3v) is 5.21. The number of amides is 2. The van der Waals surface area contributed by atoms with Crippen molar-refractivity contribution in [3.63, 3.8) is 0 Å². The molecule has 1 aliphatic rings. The number of nitrogen functional groups attached to an aromatic ring is 1. The molecule has 1 aliphatic heterocycles. The van der Waals surface area contributed by atoms with Gasteiger partial charge in [0, 0.05) is 36.1 Å².